The fraction of sp³-hybridized carbons (Fsp3) is 0.500. The molecule has 3 aliphatic rings. The Balaban J connectivity index is 1.23. The van der Waals surface area contributed by atoms with Gasteiger partial charge in [-0.05, 0) is 67.3 Å². The van der Waals surface area contributed by atoms with Crippen molar-refractivity contribution in [1.29, 1.82) is 0 Å². The topological polar surface area (TPSA) is 9.72 Å². The molecule has 1 saturated carbocycles. The second-order valence-corrected chi connectivity index (χ2v) is 9.25. The second-order valence-electron chi connectivity index (χ2n) is 8.84. The van der Waals surface area contributed by atoms with Crippen LogP contribution in [0, 0.1) is 12.8 Å². The number of benzene rings is 2. The van der Waals surface area contributed by atoms with Crippen LogP contribution in [0.15, 0.2) is 42.5 Å². The number of piperidine rings is 1. The van der Waals surface area contributed by atoms with Gasteiger partial charge in [-0.1, -0.05) is 30.7 Å². The molecule has 3 fully saturated rings. The van der Waals surface area contributed by atoms with Crippen molar-refractivity contribution in [2.45, 2.75) is 25.7 Å². The molecule has 0 radical (unpaired) electrons. The summed E-state index contributed by atoms with van der Waals surface area (Å²) in [5.74, 6) is 0.893. The van der Waals surface area contributed by atoms with Crippen LogP contribution in [0.4, 0.5) is 11.4 Å². The van der Waals surface area contributed by atoms with Gasteiger partial charge in [-0.2, -0.15) is 0 Å². The van der Waals surface area contributed by atoms with E-state index in [2.05, 4.69) is 64.9 Å². The molecule has 5 rings (SSSR count). The van der Waals surface area contributed by atoms with E-state index < -0.39 is 0 Å². The average Bonchev–Trinajstić information content (AvgIpc) is 3.31. The van der Waals surface area contributed by atoms with Crippen LogP contribution < -0.4 is 9.80 Å². The van der Waals surface area contributed by atoms with E-state index in [9.17, 15) is 0 Å². The Morgan fingerprint density at radius 1 is 0.964 bits per heavy atom. The highest BCUT2D eigenvalue weighted by Crippen LogP contribution is 2.59. The number of aryl methyl sites for hydroxylation is 1. The van der Waals surface area contributed by atoms with Gasteiger partial charge in [0.2, 0.25) is 0 Å². The van der Waals surface area contributed by atoms with Gasteiger partial charge in [0.1, 0.15) is 0 Å². The molecule has 0 amide bonds. The Hall–Kier alpha value is -1.71. The maximum atomic E-state index is 6.18. The number of hydrogen-bond donors (Lipinski definition) is 0. The molecule has 0 bridgehead atoms. The molecule has 148 valence electrons. The third-order valence-corrected chi connectivity index (χ3v) is 7.68. The molecule has 4 heteroatoms. The van der Waals surface area contributed by atoms with Crippen molar-refractivity contribution in [3.63, 3.8) is 0 Å². The lowest BCUT2D eigenvalue weighted by Crippen LogP contribution is -2.46. The largest absolute Gasteiger partial charge is 0.368 e. The highest BCUT2D eigenvalue weighted by Gasteiger charge is 2.60. The number of fused-ring (bicyclic) bond motifs is 1. The minimum Gasteiger partial charge on any atom is -0.368 e. The van der Waals surface area contributed by atoms with E-state index in [0.29, 0.717) is 5.41 Å². The van der Waals surface area contributed by atoms with E-state index in [1.54, 1.807) is 5.56 Å². The zero-order valence-corrected chi connectivity index (χ0v) is 17.8. The van der Waals surface area contributed by atoms with Crippen molar-refractivity contribution in [3.8, 4) is 0 Å². The van der Waals surface area contributed by atoms with Gasteiger partial charge in [-0.3, -0.25) is 0 Å². The third kappa shape index (κ3) is 3.09. The summed E-state index contributed by atoms with van der Waals surface area (Å²) in [4.78, 5) is 7.61. The highest BCUT2D eigenvalue weighted by molar-refractivity contribution is 6.31. The van der Waals surface area contributed by atoms with Crippen LogP contribution >= 0.6 is 11.6 Å². The molecule has 1 aliphatic carbocycles. The highest BCUT2D eigenvalue weighted by atomic mass is 35.5. The van der Waals surface area contributed by atoms with Gasteiger partial charge in [0.25, 0.3) is 0 Å². The molecular weight excluding hydrogens is 366 g/mol. The molecule has 0 spiro atoms. The third-order valence-electron chi connectivity index (χ3n) is 7.26. The molecule has 2 heterocycles. The van der Waals surface area contributed by atoms with Crippen molar-refractivity contribution < 1.29 is 0 Å². The Bertz CT molecular complexity index is 857. The van der Waals surface area contributed by atoms with Crippen LogP contribution in [-0.4, -0.2) is 50.7 Å². The number of rotatable bonds is 4. The van der Waals surface area contributed by atoms with E-state index in [4.69, 9.17) is 11.6 Å². The fourth-order valence-electron chi connectivity index (χ4n) is 5.33. The van der Waals surface area contributed by atoms with Crippen LogP contribution in [0.1, 0.15) is 24.5 Å². The first-order chi connectivity index (χ1) is 13.6. The van der Waals surface area contributed by atoms with Crippen molar-refractivity contribution >= 4 is 23.0 Å². The Kier molecular flexibility index (Phi) is 4.56. The number of hydrogen-bond acceptors (Lipinski definition) is 3. The Morgan fingerprint density at radius 3 is 2.21 bits per heavy atom. The monoisotopic (exact) mass is 395 g/mol. The van der Waals surface area contributed by atoms with Gasteiger partial charge < -0.3 is 14.7 Å². The zero-order chi connectivity index (χ0) is 19.3. The molecule has 2 unspecified atom stereocenters. The van der Waals surface area contributed by atoms with E-state index in [-0.39, 0.29) is 0 Å². The van der Waals surface area contributed by atoms with Crippen molar-refractivity contribution in [1.82, 2.24) is 4.90 Å². The van der Waals surface area contributed by atoms with E-state index >= 15 is 0 Å². The fourth-order valence-corrected chi connectivity index (χ4v) is 5.44. The van der Waals surface area contributed by atoms with Gasteiger partial charge in [-0.25, -0.2) is 0 Å². The summed E-state index contributed by atoms with van der Waals surface area (Å²) >= 11 is 6.18. The lowest BCUT2D eigenvalue weighted by Gasteiger charge is -2.37. The molecule has 2 aromatic carbocycles. The van der Waals surface area contributed by atoms with E-state index in [0.717, 1.165) is 42.7 Å². The average molecular weight is 396 g/mol. The number of likely N-dealkylation sites (N-methyl/N-ethyl adjacent to an activating group) is 1. The Labute approximate surface area is 173 Å². The number of likely N-dealkylation sites (tertiary alicyclic amines) is 1. The van der Waals surface area contributed by atoms with Gasteiger partial charge in [-0.15, -0.1) is 0 Å². The summed E-state index contributed by atoms with van der Waals surface area (Å²) in [6.07, 6.45) is 1.39. The minimum atomic E-state index is 0.472. The summed E-state index contributed by atoms with van der Waals surface area (Å²) in [5.41, 5.74) is 5.85. The maximum absolute atomic E-state index is 6.18. The van der Waals surface area contributed by atoms with E-state index in [1.165, 1.54) is 37.4 Å². The first-order valence-electron chi connectivity index (χ1n) is 10.7. The van der Waals surface area contributed by atoms with Gasteiger partial charge in [0.15, 0.2) is 0 Å². The molecule has 2 aliphatic heterocycles. The molecule has 0 aromatic heterocycles. The first kappa shape index (κ1) is 18.3. The van der Waals surface area contributed by atoms with Crippen molar-refractivity contribution in [2.24, 2.45) is 5.92 Å². The van der Waals surface area contributed by atoms with Gasteiger partial charge >= 0.3 is 0 Å². The Morgan fingerprint density at radius 2 is 1.61 bits per heavy atom. The smallest absolute Gasteiger partial charge is 0.0436 e. The minimum absolute atomic E-state index is 0.472. The molecular formula is C24H30ClN3. The summed E-state index contributed by atoms with van der Waals surface area (Å²) < 4.78 is 0. The lowest BCUT2D eigenvalue weighted by molar-refractivity contribution is 0.314. The number of anilines is 2. The van der Waals surface area contributed by atoms with Crippen LogP contribution in [0.5, 0.6) is 0 Å². The number of nitrogens with zero attached hydrogens (tertiary/aromatic N) is 3. The lowest BCUT2D eigenvalue weighted by atomic mass is 9.94. The standard InChI is InChI=1S/C24H30ClN3/c1-3-26-16-20-15-24(20,17-26)19-4-6-21(7-5-19)27-10-12-28(13-11-27)22-8-9-23(25)18(2)14-22/h4-9,14,20H,3,10-13,15-17H2,1-2H3. The van der Waals surface area contributed by atoms with E-state index in [1.807, 2.05) is 6.07 Å². The quantitative estimate of drug-likeness (QED) is 0.750. The zero-order valence-electron chi connectivity index (χ0n) is 17.0. The van der Waals surface area contributed by atoms with Crippen molar-refractivity contribution in [2.75, 3.05) is 55.6 Å². The normalized spacial score (nSPS) is 27.2. The molecule has 0 N–H and O–H groups in total. The second kappa shape index (κ2) is 6.96. The molecule has 28 heavy (non-hydrogen) atoms. The molecule has 2 saturated heterocycles. The summed E-state index contributed by atoms with van der Waals surface area (Å²) in [7, 11) is 0. The van der Waals surface area contributed by atoms with Crippen LogP contribution in [0.3, 0.4) is 0 Å². The molecule has 2 aromatic rings. The number of piperazine rings is 1. The van der Waals surface area contributed by atoms with Crippen LogP contribution in [-0.2, 0) is 5.41 Å². The van der Waals surface area contributed by atoms with Crippen molar-refractivity contribution in [3.05, 3.63) is 58.6 Å². The summed E-state index contributed by atoms with van der Waals surface area (Å²) in [5, 5.41) is 0.851. The van der Waals surface area contributed by atoms with Crippen LogP contribution in [0.2, 0.25) is 5.02 Å². The number of halogens is 1. The molecule has 2 atom stereocenters. The maximum Gasteiger partial charge on any atom is 0.0436 e. The summed E-state index contributed by atoms with van der Waals surface area (Å²) in [6, 6.07) is 15.9. The predicted molar refractivity (Wildman–Crippen MR) is 119 cm³/mol. The predicted octanol–water partition coefficient (Wildman–Crippen LogP) is 4.57. The summed E-state index contributed by atoms with van der Waals surface area (Å²) in [6.45, 7) is 12.4. The first-order valence-corrected chi connectivity index (χ1v) is 11.1. The van der Waals surface area contributed by atoms with Gasteiger partial charge in [0.05, 0.1) is 0 Å². The van der Waals surface area contributed by atoms with Crippen LogP contribution in [0.25, 0.3) is 0 Å². The van der Waals surface area contributed by atoms with Gasteiger partial charge in [0, 0.05) is 61.1 Å². The SMILES string of the molecule is CCN1CC2CC2(c2ccc(N3CCN(c4ccc(Cl)c(C)c4)CC3)cc2)C1. The molecule has 3 nitrogen and oxygen atoms in total.